The van der Waals surface area contributed by atoms with E-state index in [1.54, 1.807) is 0 Å². The molecule has 0 aliphatic heterocycles. The number of anilines is 12. The first kappa shape index (κ1) is 50.1. The van der Waals surface area contributed by atoms with Gasteiger partial charge in [0.1, 0.15) is 0 Å². The van der Waals surface area contributed by atoms with Gasteiger partial charge in [0.2, 0.25) is 0 Å². The topological polar surface area (TPSA) is 13.0 Å². The van der Waals surface area contributed by atoms with Gasteiger partial charge in [0.15, 0.2) is 0 Å². The van der Waals surface area contributed by atoms with Crippen molar-refractivity contribution in [3.63, 3.8) is 0 Å². The van der Waals surface area contributed by atoms with Gasteiger partial charge in [-0.1, -0.05) is 181 Å². The molecule has 0 amide bonds. The number of nitrogens with zero attached hydrogens (tertiary/aromatic N) is 4. The van der Waals surface area contributed by atoms with Gasteiger partial charge in [-0.25, -0.2) is 0 Å². The second-order valence-corrected chi connectivity index (χ2v) is 22.0. The zero-order valence-electron chi connectivity index (χ0n) is 46.8. The van der Waals surface area contributed by atoms with Crippen LogP contribution in [0.5, 0.6) is 0 Å². The van der Waals surface area contributed by atoms with Crippen LogP contribution in [0.15, 0.2) is 315 Å². The third-order valence-corrected chi connectivity index (χ3v) is 16.6. The fourth-order valence-electron chi connectivity index (χ4n) is 12.3. The van der Waals surface area contributed by atoms with E-state index in [1.807, 2.05) is 0 Å². The van der Waals surface area contributed by atoms with Crippen LogP contribution in [-0.4, -0.2) is 0 Å². The van der Waals surface area contributed by atoms with Crippen LogP contribution >= 0.6 is 0 Å². The highest BCUT2D eigenvalue weighted by atomic mass is 15.2. The Kier molecular flexibility index (Phi) is 12.6. The number of fused-ring (bicyclic) bond motifs is 8. The quantitative estimate of drug-likeness (QED) is 0.113. The van der Waals surface area contributed by atoms with Crippen molar-refractivity contribution in [3.05, 3.63) is 327 Å². The summed E-state index contributed by atoms with van der Waals surface area (Å²) < 4.78 is 0. The van der Waals surface area contributed by atoms with Crippen LogP contribution in [0.2, 0.25) is 0 Å². The molecule has 0 bridgehead atoms. The highest BCUT2D eigenvalue weighted by molar-refractivity contribution is 6.10. The van der Waals surface area contributed by atoms with Crippen LogP contribution in [0.25, 0.3) is 64.6 Å². The molecular formula is C80H58N4. The average Bonchev–Trinajstić information content (AvgIpc) is 2.46. The van der Waals surface area contributed by atoms with Crippen LogP contribution in [-0.2, 0) is 0 Å². The summed E-state index contributed by atoms with van der Waals surface area (Å²) in [7, 11) is 0. The lowest BCUT2D eigenvalue weighted by atomic mass is 10.0. The second-order valence-electron chi connectivity index (χ2n) is 22.0. The molecule has 398 valence electrons. The largest absolute Gasteiger partial charge is 0.311 e. The molecule has 4 nitrogen and oxygen atoms in total. The molecule has 4 heteroatoms. The lowest BCUT2D eigenvalue weighted by molar-refractivity contribution is 1.24. The average molecular weight is 1080 g/mol. The van der Waals surface area contributed by atoms with E-state index in [1.165, 1.54) is 75.8 Å². The Bertz CT molecular complexity index is 4630. The number of hydrogen-bond donors (Lipinski definition) is 0. The molecule has 15 rings (SSSR count). The monoisotopic (exact) mass is 1070 g/mol. The van der Waals surface area contributed by atoms with Crippen LogP contribution in [0.3, 0.4) is 0 Å². The summed E-state index contributed by atoms with van der Waals surface area (Å²) in [6.45, 7) is 4.28. The normalized spacial score (nSPS) is 11.5. The van der Waals surface area contributed by atoms with Gasteiger partial charge in [0, 0.05) is 68.2 Å². The Hall–Kier alpha value is -10.9. The summed E-state index contributed by atoms with van der Waals surface area (Å²) in [5, 5.41) is 14.7. The lowest BCUT2D eigenvalue weighted by Crippen LogP contribution is -2.14. The molecule has 15 aromatic rings. The van der Waals surface area contributed by atoms with Gasteiger partial charge in [0.25, 0.3) is 0 Å². The molecule has 0 heterocycles. The molecule has 0 aliphatic carbocycles. The summed E-state index contributed by atoms with van der Waals surface area (Å²) in [6, 6.07) is 116. The summed E-state index contributed by atoms with van der Waals surface area (Å²) in [6.07, 6.45) is 0. The maximum atomic E-state index is 2.39. The standard InChI is InChI=1S/C80H58N4/c1-55-19-29-65(30-20-55)81(66-31-21-56(2)22-32-66)67-35-37-68(38-36-67)82(69-39-43-71(44-40-69)83(73-33-27-57-11-3-5-15-61(57)51-73)75-47-49-79-63(53-75)25-23-59-13-7-9-17-77(59)79)70-41-45-72(46-42-70)84(74-34-28-58-12-4-6-16-62(58)52-74)76-48-50-80-64(54-76)26-24-60-14-8-10-18-78(60)80/h3-54H,1-2H3. The molecule has 15 aromatic carbocycles. The first-order chi connectivity index (χ1) is 41.4. The summed E-state index contributed by atoms with van der Waals surface area (Å²) >= 11 is 0. The Morgan fingerprint density at radius 3 is 0.690 bits per heavy atom. The molecule has 0 atom stereocenters. The van der Waals surface area contributed by atoms with Crippen molar-refractivity contribution in [2.24, 2.45) is 0 Å². The summed E-state index contributed by atoms with van der Waals surface area (Å²) in [5.41, 5.74) is 15.3. The molecular weight excluding hydrogens is 1020 g/mol. The van der Waals surface area contributed by atoms with Gasteiger partial charge in [-0.05, 0) is 224 Å². The zero-order valence-corrected chi connectivity index (χ0v) is 46.8. The van der Waals surface area contributed by atoms with Gasteiger partial charge >= 0.3 is 0 Å². The van der Waals surface area contributed by atoms with Crippen molar-refractivity contribution >= 4 is 133 Å². The number of aryl methyl sites for hydroxylation is 2. The minimum Gasteiger partial charge on any atom is -0.311 e. The van der Waals surface area contributed by atoms with Crippen molar-refractivity contribution in [1.29, 1.82) is 0 Å². The smallest absolute Gasteiger partial charge is 0.0468 e. The number of hydrogen-bond acceptors (Lipinski definition) is 4. The van der Waals surface area contributed by atoms with Gasteiger partial charge in [-0.3, -0.25) is 0 Å². The molecule has 84 heavy (non-hydrogen) atoms. The molecule has 0 saturated carbocycles. The molecule has 0 saturated heterocycles. The maximum Gasteiger partial charge on any atom is 0.0468 e. The fourth-order valence-corrected chi connectivity index (χ4v) is 12.3. The van der Waals surface area contributed by atoms with Gasteiger partial charge in [-0.15, -0.1) is 0 Å². The Morgan fingerprint density at radius 1 is 0.155 bits per heavy atom. The van der Waals surface area contributed by atoms with E-state index in [0.29, 0.717) is 0 Å². The Balaban J connectivity index is 0.860. The minimum absolute atomic E-state index is 1.03. The molecule has 0 spiro atoms. The van der Waals surface area contributed by atoms with E-state index < -0.39 is 0 Å². The molecule has 0 aliphatic rings. The van der Waals surface area contributed by atoms with Crippen molar-refractivity contribution < 1.29 is 0 Å². The molecule has 0 aromatic heterocycles. The zero-order chi connectivity index (χ0) is 56.1. The molecule has 0 unspecified atom stereocenters. The number of benzene rings is 15. The van der Waals surface area contributed by atoms with Crippen molar-refractivity contribution in [1.82, 2.24) is 0 Å². The van der Waals surface area contributed by atoms with Crippen molar-refractivity contribution in [2.75, 3.05) is 19.6 Å². The SMILES string of the molecule is Cc1ccc(N(c2ccc(C)cc2)c2ccc(N(c3ccc(N(c4ccc5ccccc5c4)c4ccc5c(ccc6ccccc65)c4)cc3)c3ccc(N(c4ccc5ccccc5c4)c4ccc5c(ccc6ccccc65)c4)cc3)cc2)cc1. The van der Waals surface area contributed by atoms with Crippen LogP contribution in [0.1, 0.15) is 11.1 Å². The van der Waals surface area contributed by atoms with E-state index in [9.17, 15) is 0 Å². The second kappa shape index (κ2) is 21.2. The van der Waals surface area contributed by atoms with Gasteiger partial charge < -0.3 is 19.6 Å². The summed E-state index contributed by atoms with van der Waals surface area (Å²) in [5.74, 6) is 0. The fraction of sp³-hybridized carbons (Fsp3) is 0.0250. The Morgan fingerprint density at radius 2 is 0.357 bits per heavy atom. The molecule has 0 radical (unpaired) electrons. The van der Waals surface area contributed by atoms with E-state index in [4.69, 9.17) is 0 Å². The number of rotatable bonds is 12. The van der Waals surface area contributed by atoms with Crippen molar-refractivity contribution in [2.45, 2.75) is 13.8 Å². The van der Waals surface area contributed by atoms with Crippen LogP contribution < -0.4 is 19.6 Å². The third-order valence-electron chi connectivity index (χ3n) is 16.6. The third kappa shape index (κ3) is 9.36. The van der Waals surface area contributed by atoms with E-state index in [0.717, 1.165) is 68.2 Å². The first-order valence-electron chi connectivity index (χ1n) is 28.9. The highest BCUT2D eigenvalue weighted by Crippen LogP contribution is 2.45. The lowest BCUT2D eigenvalue weighted by Gasteiger charge is -2.30. The first-order valence-corrected chi connectivity index (χ1v) is 28.9. The Labute approximate surface area is 490 Å². The molecule has 0 N–H and O–H groups in total. The van der Waals surface area contributed by atoms with E-state index >= 15 is 0 Å². The maximum absolute atomic E-state index is 2.39. The van der Waals surface area contributed by atoms with Crippen molar-refractivity contribution in [3.8, 4) is 0 Å². The predicted molar refractivity (Wildman–Crippen MR) is 360 cm³/mol. The summed E-state index contributed by atoms with van der Waals surface area (Å²) in [4.78, 5) is 9.49. The molecule has 0 fully saturated rings. The van der Waals surface area contributed by atoms with Crippen LogP contribution in [0.4, 0.5) is 68.2 Å². The van der Waals surface area contributed by atoms with Crippen LogP contribution in [0, 0.1) is 13.8 Å². The van der Waals surface area contributed by atoms with Gasteiger partial charge in [-0.2, -0.15) is 0 Å². The highest BCUT2D eigenvalue weighted by Gasteiger charge is 2.21. The minimum atomic E-state index is 1.03. The predicted octanol–water partition coefficient (Wildman–Crippen LogP) is 23.1. The van der Waals surface area contributed by atoms with E-state index in [-0.39, 0.29) is 0 Å². The van der Waals surface area contributed by atoms with E-state index in [2.05, 4.69) is 349 Å². The van der Waals surface area contributed by atoms with Gasteiger partial charge in [0.05, 0.1) is 0 Å².